The van der Waals surface area contributed by atoms with Crippen LogP contribution in [0, 0.1) is 0 Å². The molecule has 1 aromatic rings. The van der Waals surface area contributed by atoms with Crippen LogP contribution >= 0.6 is 0 Å². The Kier molecular flexibility index (Phi) is 4.12. The molecule has 1 heterocycles. The van der Waals surface area contributed by atoms with Gasteiger partial charge < -0.3 is 14.7 Å². The van der Waals surface area contributed by atoms with Crippen LogP contribution in [0.5, 0.6) is 0 Å². The summed E-state index contributed by atoms with van der Waals surface area (Å²) < 4.78 is 5.40. The third-order valence-corrected chi connectivity index (χ3v) is 2.85. The second-order valence-electron chi connectivity index (χ2n) is 4.17. The molecule has 0 spiro atoms. The Morgan fingerprint density at radius 2 is 2.12 bits per heavy atom. The van der Waals surface area contributed by atoms with Crippen molar-refractivity contribution in [2.45, 2.75) is 25.7 Å². The topological polar surface area (TPSA) is 49.8 Å². The van der Waals surface area contributed by atoms with E-state index in [-0.39, 0.29) is 12.5 Å². The number of nitrogens with zero attached hydrogens (tertiary/aromatic N) is 1. The van der Waals surface area contributed by atoms with Crippen LogP contribution in [0.1, 0.15) is 18.4 Å². The number of hydrogen-bond acceptors (Lipinski definition) is 3. The highest BCUT2D eigenvalue weighted by atomic mass is 16.5. The van der Waals surface area contributed by atoms with Crippen molar-refractivity contribution in [2.24, 2.45) is 0 Å². The van der Waals surface area contributed by atoms with Gasteiger partial charge in [0.15, 0.2) is 6.23 Å². The Hall–Kier alpha value is -1.39. The summed E-state index contributed by atoms with van der Waals surface area (Å²) in [7, 11) is 0. The van der Waals surface area contributed by atoms with Gasteiger partial charge in [0, 0.05) is 13.0 Å². The van der Waals surface area contributed by atoms with E-state index >= 15 is 0 Å². The summed E-state index contributed by atoms with van der Waals surface area (Å²) in [5.74, 6) is 0.0146. The van der Waals surface area contributed by atoms with Crippen LogP contribution in [-0.2, 0) is 16.1 Å². The molecule has 1 aromatic carbocycles. The van der Waals surface area contributed by atoms with E-state index in [0.29, 0.717) is 19.6 Å². The molecule has 0 radical (unpaired) electrons. The lowest BCUT2D eigenvalue weighted by Gasteiger charge is -2.22. The van der Waals surface area contributed by atoms with Crippen LogP contribution < -0.4 is 0 Å². The highest BCUT2D eigenvalue weighted by Crippen LogP contribution is 2.12. The number of carbonyl (C=O) groups excluding carboxylic acids is 1. The van der Waals surface area contributed by atoms with Gasteiger partial charge in [0.2, 0.25) is 5.91 Å². The first-order chi connectivity index (χ1) is 8.27. The molecule has 1 aliphatic heterocycles. The molecule has 1 amide bonds. The van der Waals surface area contributed by atoms with Crippen LogP contribution in [0.2, 0.25) is 0 Å². The number of aliphatic hydroxyl groups is 1. The van der Waals surface area contributed by atoms with E-state index in [9.17, 15) is 9.90 Å². The minimum absolute atomic E-state index is 0.0146. The summed E-state index contributed by atoms with van der Waals surface area (Å²) in [6.45, 7) is 1.26. The van der Waals surface area contributed by atoms with Crippen molar-refractivity contribution in [1.82, 2.24) is 4.90 Å². The molecule has 1 aliphatic rings. The van der Waals surface area contributed by atoms with E-state index in [0.717, 1.165) is 12.0 Å². The van der Waals surface area contributed by atoms with Gasteiger partial charge in [-0.1, -0.05) is 30.3 Å². The van der Waals surface area contributed by atoms with Crippen LogP contribution in [-0.4, -0.2) is 35.3 Å². The number of carbonyl (C=O) groups is 1. The summed E-state index contributed by atoms with van der Waals surface area (Å²) >= 11 is 0. The summed E-state index contributed by atoms with van der Waals surface area (Å²) in [5, 5.41) is 9.78. The zero-order valence-corrected chi connectivity index (χ0v) is 9.71. The fraction of sp³-hybridized carbons (Fsp3) is 0.462. The standard InChI is InChI=1S/C13H17NO3/c15-12-7-4-8-14(12)13(16)10-17-9-11-5-2-1-3-6-11/h1-3,5-6,13,16H,4,7-10H2. The SMILES string of the molecule is O=C1CCCN1C(O)COCc1ccccc1. The normalized spacial score (nSPS) is 17.5. The van der Waals surface area contributed by atoms with Gasteiger partial charge >= 0.3 is 0 Å². The molecule has 0 bridgehead atoms. The molecule has 0 aromatic heterocycles. The summed E-state index contributed by atoms with van der Waals surface area (Å²) in [6, 6.07) is 9.76. The van der Waals surface area contributed by atoms with E-state index in [1.54, 1.807) is 0 Å². The first kappa shape index (κ1) is 12.1. The number of rotatable bonds is 5. The lowest BCUT2D eigenvalue weighted by molar-refractivity contribution is -0.140. The third-order valence-electron chi connectivity index (χ3n) is 2.85. The van der Waals surface area contributed by atoms with Crippen molar-refractivity contribution in [3.05, 3.63) is 35.9 Å². The minimum atomic E-state index is -0.811. The monoisotopic (exact) mass is 235 g/mol. The molecule has 2 rings (SSSR count). The van der Waals surface area contributed by atoms with Crippen molar-refractivity contribution in [2.75, 3.05) is 13.2 Å². The van der Waals surface area contributed by atoms with Gasteiger partial charge in [-0.3, -0.25) is 4.79 Å². The van der Waals surface area contributed by atoms with Gasteiger partial charge in [-0.25, -0.2) is 0 Å². The number of hydrogen-bond donors (Lipinski definition) is 1. The van der Waals surface area contributed by atoms with Crippen LogP contribution in [0.25, 0.3) is 0 Å². The van der Waals surface area contributed by atoms with Crippen molar-refractivity contribution in [3.8, 4) is 0 Å². The predicted molar refractivity (Wildman–Crippen MR) is 63.1 cm³/mol. The highest BCUT2D eigenvalue weighted by molar-refractivity contribution is 5.78. The van der Waals surface area contributed by atoms with E-state index in [1.165, 1.54) is 4.90 Å². The Morgan fingerprint density at radius 3 is 2.76 bits per heavy atom. The van der Waals surface area contributed by atoms with Crippen molar-refractivity contribution in [1.29, 1.82) is 0 Å². The molecule has 4 nitrogen and oxygen atoms in total. The maximum Gasteiger partial charge on any atom is 0.224 e. The minimum Gasteiger partial charge on any atom is -0.372 e. The third kappa shape index (κ3) is 3.28. The average Bonchev–Trinajstić information content (AvgIpc) is 2.77. The van der Waals surface area contributed by atoms with Gasteiger partial charge in [-0.05, 0) is 12.0 Å². The highest BCUT2D eigenvalue weighted by Gasteiger charge is 2.26. The zero-order chi connectivity index (χ0) is 12.1. The predicted octanol–water partition coefficient (Wildman–Crippen LogP) is 1.14. The van der Waals surface area contributed by atoms with Crippen LogP contribution in [0.3, 0.4) is 0 Å². The van der Waals surface area contributed by atoms with Crippen LogP contribution in [0.15, 0.2) is 30.3 Å². The van der Waals surface area contributed by atoms with E-state index < -0.39 is 6.23 Å². The van der Waals surface area contributed by atoms with Gasteiger partial charge in [0.25, 0.3) is 0 Å². The van der Waals surface area contributed by atoms with Crippen molar-refractivity contribution in [3.63, 3.8) is 0 Å². The molecule has 17 heavy (non-hydrogen) atoms. The van der Waals surface area contributed by atoms with Gasteiger partial charge in [-0.2, -0.15) is 0 Å². The quantitative estimate of drug-likeness (QED) is 0.832. The molecule has 1 atom stereocenters. The van der Waals surface area contributed by atoms with Gasteiger partial charge in [0.1, 0.15) is 0 Å². The Bertz CT molecular complexity index is 366. The van der Waals surface area contributed by atoms with E-state index in [1.807, 2.05) is 30.3 Å². The molecule has 1 fully saturated rings. The Balaban J connectivity index is 1.73. The lowest BCUT2D eigenvalue weighted by Crippen LogP contribution is -2.39. The molecule has 0 aliphatic carbocycles. The van der Waals surface area contributed by atoms with Crippen molar-refractivity contribution < 1.29 is 14.6 Å². The maximum absolute atomic E-state index is 11.4. The molecule has 92 valence electrons. The Morgan fingerprint density at radius 1 is 1.35 bits per heavy atom. The van der Waals surface area contributed by atoms with E-state index in [2.05, 4.69) is 0 Å². The molecular formula is C13H17NO3. The number of amides is 1. The number of benzene rings is 1. The summed E-state index contributed by atoms with van der Waals surface area (Å²) in [5.41, 5.74) is 1.06. The number of aliphatic hydroxyl groups excluding tert-OH is 1. The second kappa shape index (κ2) is 5.80. The summed E-state index contributed by atoms with van der Waals surface area (Å²) in [6.07, 6.45) is 0.554. The number of ether oxygens (including phenoxy) is 1. The smallest absolute Gasteiger partial charge is 0.224 e. The van der Waals surface area contributed by atoms with Crippen LogP contribution in [0.4, 0.5) is 0 Å². The average molecular weight is 235 g/mol. The maximum atomic E-state index is 11.4. The second-order valence-corrected chi connectivity index (χ2v) is 4.17. The van der Waals surface area contributed by atoms with E-state index in [4.69, 9.17) is 4.74 Å². The molecule has 4 heteroatoms. The first-order valence-corrected chi connectivity index (χ1v) is 5.86. The Labute approximate surface area is 101 Å². The molecule has 0 saturated carbocycles. The van der Waals surface area contributed by atoms with Crippen molar-refractivity contribution >= 4 is 5.91 Å². The summed E-state index contributed by atoms with van der Waals surface area (Å²) in [4.78, 5) is 12.8. The first-order valence-electron chi connectivity index (χ1n) is 5.86. The molecular weight excluding hydrogens is 218 g/mol. The molecule has 1 N–H and O–H groups in total. The largest absolute Gasteiger partial charge is 0.372 e. The molecule has 1 saturated heterocycles. The fourth-order valence-electron chi connectivity index (χ4n) is 1.93. The number of likely N-dealkylation sites (tertiary alicyclic amines) is 1. The van der Waals surface area contributed by atoms with Gasteiger partial charge in [0.05, 0.1) is 13.2 Å². The zero-order valence-electron chi connectivity index (χ0n) is 9.71. The molecule has 1 unspecified atom stereocenters. The fourth-order valence-corrected chi connectivity index (χ4v) is 1.93. The lowest BCUT2D eigenvalue weighted by atomic mass is 10.2. The van der Waals surface area contributed by atoms with Gasteiger partial charge in [-0.15, -0.1) is 0 Å².